The normalized spacial score (nSPS) is 17.5. The minimum atomic E-state index is -0.0177. The Bertz CT molecular complexity index is 773. The summed E-state index contributed by atoms with van der Waals surface area (Å²) in [6.07, 6.45) is 3.99. The van der Waals surface area contributed by atoms with Crippen LogP contribution < -0.4 is 9.64 Å². The van der Waals surface area contributed by atoms with Gasteiger partial charge in [0.2, 0.25) is 0 Å². The Morgan fingerprint density at radius 2 is 1.79 bits per heavy atom. The van der Waals surface area contributed by atoms with Gasteiger partial charge in [-0.1, -0.05) is 32.0 Å². The third-order valence-electron chi connectivity index (χ3n) is 4.54. The molecule has 124 valence electrons. The number of nitrogens with zero attached hydrogens (tertiary/aromatic N) is 2. The number of likely N-dealkylation sites (N-methyl/N-ethyl adjacent to an activating group) is 1. The average molecular weight is 320 g/mol. The summed E-state index contributed by atoms with van der Waals surface area (Å²) in [6, 6.07) is 16.4. The van der Waals surface area contributed by atoms with Crippen LogP contribution >= 0.6 is 0 Å². The van der Waals surface area contributed by atoms with Gasteiger partial charge in [-0.05, 0) is 48.9 Å². The molecule has 0 fully saturated rings. The van der Waals surface area contributed by atoms with E-state index in [9.17, 15) is 0 Å². The summed E-state index contributed by atoms with van der Waals surface area (Å²) in [4.78, 5) is 6.80. The lowest BCUT2D eigenvalue weighted by Crippen LogP contribution is -2.22. The second-order valence-corrected chi connectivity index (χ2v) is 6.46. The van der Waals surface area contributed by atoms with Crippen LogP contribution in [0.3, 0.4) is 0 Å². The first kappa shape index (κ1) is 16.3. The Morgan fingerprint density at radius 3 is 2.46 bits per heavy atom. The van der Waals surface area contributed by atoms with Gasteiger partial charge in [-0.3, -0.25) is 4.99 Å². The molecule has 3 nitrogen and oxygen atoms in total. The van der Waals surface area contributed by atoms with Crippen molar-refractivity contribution < 1.29 is 4.74 Å². The van der Waals surface area contributed by atoms with Crippen LogP contribution in [0.1, 0.15) is 26.3 Å². The van der Waals surface area contributed by atoms with Crippen LogP contribution in [-0.4, -0.2) is 19.9 Å². The minimum Gasteiger partial charge on any atom is -0.494 e. The van der Waals surface area contributed by atoms with Gasteiger partial charge < -0.3 is 9.64 Å². The summed E-state index contributed by atoms with van der Waals surface area (Å²) in [7, 11) is 2.12. The minimum absolute atomic E-state index is 0.0177. The molecule has 1 heterocycles. The van der Waals surface area contributed by atoms with Crippen molar-refractivity contribution in [3.8, 4) is 5.75 Å². The van der Waals surface area contributed by atoms with Gasteiger partial charge >= 0.3 is 0 Å². The molecule has 0 saturated heterocycles. The molecule has 0 spiro atoms. The molecule has 3 rings (SSSR count). The van der Waals surface area contributed by atoms with Crippen LogP contribution in [0.4, 0.5) is 11.4 Å². The molecule has 0 atom stereocenters. The van der Waals surface area contributed by atoms with Crippen molar-refractivity contribution in [2.75, 3.05) is 18.6 Å². The molecule has 0 aromatic heterocycles. The average Bonchev–Trinajstić information content (AvgIpc) is 2.78. The number of aliphatic imine (C=N–C) groups is 1. The predicted octanol–water partition coefficient (Wildman–Crippen LogP) is 5.10. The fourth-order valence-corrected chi connectivity index (χ4v) is 3.29. The summed E-state index contributed by atoms with van der Waals surface area (Å²) < 4.78 is 5.45. The van der Waals surface area contributed by atoms with Gasteiger partial charge in [-0.2, -0.15) is 0 Å². The molecule has 0 bridgehead atoms. The van der Waals surface area contributed by atoms with Crippen molar-refractivity contribution in [2.45, 2.75) is 26.2 Å². The topological polar surface area (TPSA) is 24.8 Å². The van der Waals surface area contributed by atoms with Crippen molar-refractivity contribution in [1.82, 2.24) is 0 Å². The van der Waals surface area contributed by atoms with E-state index in [0.717, 1.165) is 11.4 Å². The van der Waals surface area contributed by atoms with Gasteiger partial charge in [-0.25, -0.2) is 0 Å². The van der Waals surface area contributed by atoms with Crippen molar-refractivity contribution in [1.29, 1.82) is 0 Å². The lowest BCUT2D eigenvalue weighted by Gasteiger charge is -2.23. The number of hydrogen-bond donors (Lipinski definition) is 0. The van der Waals surface area contributed by atoms with Gasteiger partial charge in [0, 0.05) is 30.1 Å². The molecule has 2 aromatic carbocycles. The number of benzene rings is 2. The molecule has 0 N–H and O–H groups in total. The Labute approximate surface area is 144 Å². The number of ether oxygens (including phenoxy) is 1. The number of fused-ring (bicyclic) bond motifs is 1. The second-order valence-electron chi connectivity index (χ2n) is 6.46. The fourth-order valence-electron chi connectivity index (χ4n) is 3.29. The summed E-state index contributed by atoms with van der Waals surface area (Å²) in [5, 5.41) is 0. The maximum atomic E-state index is 5.45. The first-order valence-electron chi connectivity index (χ1n) is 8.35. The third kappa shape index (κ3) is 2.94. The maximum Gasteiger partial charge on any atom is 0.119 e. The maximum absolute atomic E-state index is 5.45. The summed E-state index contributed by atoms with van der Waals surface area (Å²) >= 11 is 0. The number of anilines is 1. The van der Waals surface area contributed by atoms with Crippen molar-refractivity contribution >= 4 is 17.6 Å². The van der Waals surface area contributed by atoms with Crippen molar-refractivity contribution in [3.63, 3.8) is 0 Å². The number of rotatable bonds is 4. The smallest absolute Gasteiger partial charge is 0.119 e. The zero-order valence-corrected chi connectivity index (χ0v) is 14.8. The lowest BCUT2D eigenvalue weighted by molar-refractivity contribution is 0.340. The van der Waals surface area contributed by atoms with Gasteiger partial charge in [0.25, 0.3) is 0 Å². The van der Waals surface area contributed by atoms with E-state index in [1.54, 1.807) is 0 Å². The van der Waals surface area contributed by atoms with E-state index in [2.05, 4.69) is 61.1 Å². The molecule has 0 unspecified atom stereocenters. The quantitative estimate of drug-likeness (QED) is 0.732. The molecular formula is C21H24N2O. The van der Waals surface area contributed by atoms with E-state index in [-0.39, 0.29) is 5.41 Å². The fraction of sp³-hybridized carbons (Fsp3) is 0.286. The number of allylic oxidation sites excluding steroid dienone is 2. The van der Waals surface area contributed by atoms with Gasteiger partial charge in [0.05, 0.1) is 12.3 Å². The molecule has 0 aliphatic carbocycles. The molecular weight excluding hydrogens is 296 g/mol. The van der Waals surface area contributed by atoms with Crippen molar-refractivity contribution in [3.05, 3.63) is 65.9 Å². The molecule has 0 saturated carbocycles. The van der Waals surface area contributed by atoms with Crippen LogP contribution in [0, 0.1) is 0 Å². The Hall–Kier alpha value is -2.55. The lowest BCUT2D eigenvalue weighted by atomic mass is 9.84. The monoisotopic (exact) mass is 320 g/mol. The third-order valence-corrected chi connectivity index (χ3v) is 4.54. The van der Waals surface area contributed by atoms with Gasteiger partial charge in [0.1, 0.15) is 5.75 Å². The van der Waals surface area contributed by atoms with E-state index >= 15 is 0 Å². The van der Waals surface area contributed by atoms with Crippen LogP contribution in [-0.2, 0) is 5.41 Å². The molecule has 3 heteroatoms. The first-order valence-corrected chi connectivity index (χ1v) is 8.35. The van der Waals surface area contributed by atoms with E-state index in [1.807, 2.05) is 37.4 Å². The zero-order valence-electron chi connectivity index (χ0n) is 14.8. The Balaban J connectivity index is 1.82. The highest BCUT2D eigenvalue weighted by atomic mass is 16.5. The Morgan fingerprint density at radius 1 is 1.08 bits per heavy atom. The zero-order chi connectivity index (χ0) is 17.2. The van der Waals surface area contributed by atoms with E-state index in [1.165, 1.54) is 16.9 Å². The van der Waals surface area contributed by atoms with Crippen LogP contribution in [0.25, 0.3) is 0 Å². The molecule has 0 amide bonds. The Kier molecular flexibility index (Phi) is 4.43. The standard InChI is InChI=1S/C21H24N2O/c1-5-24-17-12-10-16(11-13-17)22-15-14-20-21(2,3)18-8-6-7-9-19(18)23(20)4/h6-15H,5H2,1-4H3/b20-14-,22-15?. The van der Waals surface area contributed by atoms with Crippen molar-refractivity contribution in [2.24, 2.45) is 4.99 Å². The molecule has 24 heavy (non-hydrogen) atoms. The van der Waals surface area contributed by atoms with Gasteiger partial charge in [0.15, 0.2) is 0 Å². The highest BCUT2D eigenvalue weighted by Gasteiger charge is 2.37. The first-order chi connectivity index (χ1) is 11.5. The van der Waals surface area contributed by atoms with Gasteiger partial charge in [-0.15, -0.1) is 0 Å². The van der Waals surface area contributed by atoms with E-state index in [0.29, 0.717) is 6.61 Å². The predicted molar refractivity (Wildman–Crippen MR) is 102 cm³/mol. The van der Waals surface area contributed by atoms with E-state index in [4.69, 9.17) is 4.74 Å². The summed E-state index contributed by atoms with van der Waals surface area (Å²) in [5.41, 5.74) is 4.78. The SMILES string of the molecule is CCOc1ccc(N=C/C=C2\N(C)c3ccccc3C2(C)C)cc1. The number of hydrogen-bond acceptors (Lipinski definition) is 3. The highest BCUT2D eigenvalue weighted by molar-refractivity contribution is 5.80. The summed E-state index contributed by atoms with van der Waals surface area (Å²) in [6.45, 7) is 7.17. The molecule has 1 aliphatic heterocycles. The van der Waals surface area contributed by atoms with Crippen LogP contribution in [0.15, 0.2) is 65.3 Å². The largest absolute Gasteiger partial charge is 0.494 e. The summed E-state index contributed by atoms with van der Waals surface area (Å²) in [5.74, 6) is 0.877. The highest BCUT2D eigenvalue weighted by Crippen LogP contribution is 2.46. The van der Waals surface area contributed by atoms with Crippen LogP contribution in [0.5, 0.6) is 5.75 Å². The molecule has 1 aliphatic rings. The molecule has 0 radical (unpaired) electrons. The van der Waals surface area contributed by atoms with E-state index < -0.39 is 0 Å². The van der Waals surface area contributed by atoms with Crippen LogP contribution in [0.2, 0.25) is 0 Å². The second kappa shape index (κ2) is 6.52. The number of para-hydroxylation sites is 1. The molecule has 2 aromatic rings.